The van der Waals surface area contributed by atoms with Gasteiger partial charge in [0.15, 0.2) is 0 Å². The van der Waals surface area contributed by atoms with Gasteiger partial charge in [-0.2, -0.15) is 0 Å². The molecule has 0 bridgehead atoms. The zero-order chi connectivity index (χ0) is 10.6. The molecule has 76 valence electrons. The Morgan fingerprint density at radius 1 is 1.57 bits per heavy atom. The molecule has 0 aliphatic carbocycles. The van der Waals surface area contributed by atoms with E-state index in [0.29, 0.717) is 6.42 Å². The molecule has 0 saturated carbocycles. The van der Waals surface area contributed by atoms with E-state index in [0.717, 1.165) is 5.56 Å². The SMILES string of the molecule is CC(C)C(=O)C[C@@H](N)c1cccnc1. The number of carbonyl (C=O) groups excluding carboxylic acids is 1. The number of hydrogen-bond donors (Lipinski definition) is 1. The average Bonchev–Trinajstić information content (AvgIpc) is 2.19. The first kappa shape index (κ1) is 10.9. The van der Waals surface area contributed by atoms with Crippen molar-refractivity contribution < 1.29 is 4.79 Å². The zero-order valence-corrected chi connectivity index (χ0v) is 8.60. The maximum Gasteiger partial charge on any atom is 0.137 e. The van der Waals surface area contributed by atoms with Crippen molar-refractivity contribution in [3.8, 4) is 0 Å². The Hall–Kier alpha value is -1.22. The molecule has 1 heterocycles. The van der Waals surface area contributed by atoms with Gasteiger partial charge in [0, 0.05) is 30.8 Å². The summed E-state index contributed by atoms with van der Waals surface area (Å²) >= 11 is 0. The van der Waals surface area contributed by atoms with E-state index in [2.05, 4.69) is 4.98 Å². The summed E-state index contributed by atoms with van der Waals surface area (Å²) in [5.74, 6) is 0.249. The van der Waals surface area contributed by atoms with Gasteiger partial charge < -0.3 is 5.73 Å². The van der Waals surface area contributed by atoms with Crippen LogP contribution in [0.1, 0.15) is 31.9 Å². The Bertz CT molecular complexity index is 295. The molecule has 0 aliphatic rings. The minimum Gasteiger partial charge on any atom is -0.324 e. The first-order valence-electron chi connectivity index (χ1n) is 4.79. The highest BCUT2D eigenvalue weighted by Gasteiger charge is 2.13. The van der Waals surface area contributed by atoms with Crippen molar-refractivity contribution in [1.82, 2.24) is 4.98 Å². The first-order valence-corrected chi connectivity index (χ1v) is 4.79. The molecule has 3 heteroatoms. The molecule has 3 nitrogen and oxygen atoms in total. The maximum absolute atomic E-state index is 11.4. The van der Waals surface area contributed by atoms with E-state index < -0.39 is 0 Å². The van der Waals surface area contributed by atoms with Crippen LogP contribution in [0.2, 0.25) is 0 Å². The van der Waals surface area contributed by atoms with Gasteiger partial charge in [0.2, 0.25) is 0 Å². The van der Waals surface area contributed by atoms with E-state index in [1.807, 2.05) is 26.0 Å². The molecular weight excluding hydrogens is 176 g/mol. The fourth-order valence-electron chi connectivity index (χ4n) is 1.17. The van der Waals surface area contributed by atoms with Crippen molar-refractivity contribution in [2.24, 2.45) is 11.7 Å². The summed E-state index contributed by atoms with van der Waals surface area (Å²) < 4.78 is 0. The molecule has 0 spiro atoms. The second-order valence-corrected chi connectivity index (χ2v) is 3.72. The Labute approximate surface area is 84.3 Å². The van der Waals surface area contributed by atoms with E-state index in [1.54, 1.807) is 12.4 Å². The summed E-state index contributed by atoms with van der Waals surface area (Å²) in [7, 11) is 0. The molecule has 0 amide bonds. The summed E-state index contributed by atoms with van der Waals surface area (Å²) in [5, 5.41) is 0. The number of ketones is 1. The predicted octanol–water partition coefficient (Wildman–Crippen LogP) is 1.70. The topological polar surface area (TPSA) is 56.0 Å². The van der Waals surface area contributed by atoms with E-state index in [-0.39, 0.29) is 17.7 Å². The summed E-state index contributed by atoms with van der Waals surface area (Å²) in [6.07, 6.45) is 3.79. The third-order valence-electron chi connectivity index (χ3n) is 2.18. The molecule has 1 rings (SSSR count). The van der Waals surface area contributed by atoms with Crippen LogP contribution in [-0.2, 0) is 4.79 Å². The number of pyridine rings is 1. The van der Waals surface area contributed by atoms with E-state index in [4.69, 9.17) is 5.73 Å². The second-order valence-electron chi connectivity index (χ2n) is 3.72. The lowest BCUT2D eigenvalue weighted by Crippen LogP contribution is -2.18. The van der Waals surface area contributed by atoms with Crippen molar-refractivity contribution in [2.45, 2.75) is 26.3 Å². The first-order chi connectivity index (χ1) is 6.61. The minimum atomic E-state index is -0.224. The highest BCUT2D eigenvalue weighted by molar-refractivity contribution is 5.80. The highest BCUT2D eigenvalue weighted by Crippen LogP contribution is 2.14. The van der Waals surface area contributed by atoms with Crippen molar-refractivity contribution in [1.29, 1.82) is 0 Å². The Balaban J connectivity index is 2.59. The molecule has 0 saturated heterocycles. The standard InChI is InChI=1S/C11H16N2O/c1-8(2)11(14)6-10(12)9-4-3-5-13-7-9/h3-5,7-8,10H,6,12H2,1-2H3/t10-/m1/s1. The molecule has 0 radical (unpaired) electrons. The normalized spacial score (nSPS) is 12.9. The molecule has 1 atom stereocenters. The van der Waals surface area contributed by atoms with Gasteiger partial charge in [0.25, 0.3) is 0 Å². The van der Waals surface area contributed by atoms with Crippen LogP contribution in [0.25, 0.3) is 0 Å². The highest BCUT2D eigenvalue weighted by atomic mass is 16.1. The number of hydrogen-bond acceptors (Lipinski definition) is 3. The Morgan fingerprint density at radius 2 is 2.29 bits per heavy atom. The number of Topliss-reactive ketones (excluding diaryl/α,β-unsaturated/α-hetero) is 1. The number of carbonyl (C=O) groups is 1. The largest absolute Gasteiger partial charge is 0.324 e. The van der Waals surface area contributed by atoms with Crippen molar-refractivity contribution in [3.63, 3.8) is 0 Å². The van der Waals surface area contributed by atoms with Gasteiger partial charge in [0.05, 0.1) is 0 Å². The van der Waals surface area contributed by atoms with E-state index in [1.165, 1.54) is 0 Å². The fourth-order valence-corrected chi connectivity index (χ4v) is 1.17. The van der Waals surface area contributed by atoms with Gasteiger partial charge in [-0.3, -0.25) is 9.78 Å². The molecule has 0 aromatic carbocycles. The minimum absolute atomic E-state index is 0.0534. The van der Waals surface area contributed by atoms with Crippen LogP contribution in [0.4, 0.5) is 0 Å². The fraction of sp³-hybridized carbons (Fsp3) is 0.455. The van der Waals surface area contributed by atoms with Crippen LogP contribution in [0.15, 0.2) is 24.5 Å². The summed E-state index contributed by atoms with van der Waals surface area (Å²) in [6, 6.07) is 3.50. The second kappa shape index (κ2) is 4.86. The molecule has 2 N–H and O–H groups in total. The number of rotatable bonds is 4. The van der Waals surface area contributed by atoms with Gasteiger partial charge in [-0.1, -0.05) is 19.9 Å². The number of aromatic nitrogens is 1. The Kier molecular flexibility index (Phi) is 3.77. The van der Waals surface area contributed by atoms with Crippen LogP contribution >= 0.6 is 0 Å². The van der Waals surface area contributed by atoms with Crippen LogP contribution in [-0.4, -0.2) is 10.8 Å². The molecular formula is C11H16N2O. The van der Waals surface area contributed by atoms with E-state index >= 15 is 0 Å². The zero-order valence-electron chi connectivity index (χ0n) is 8.60. The monoisotopic (exact) mass is 192 g/mol. The lowest BCUT2D eigenvalue weighted by molar-refractivity contribution is -0.122. The smallest absolute Gasteiger partial charge is 0.137 e. The van der Waals surface area contributed by atoms with Gasteiger partial charge in [0.1, 0.15) is 5.78 Å². The van der Waals surface area contributed by atoms with Crippen LogP contribution in [0.3, 0.4) is 0 Å². The van der Waals surface area contributed by atoms with Crippen molar-refractivity contribution in [2.75, 3.05) is 0 Å². The van der Waals surface area contributed by atoms with Gasteiger partial charge in [-0.05, 0) is 11.6 Å². The molecule has 0 aliphatic heterocycles. The van der Waals surface area contributed by atoms with Crippen molar-refractivity contribution in [3.05, 3.63) is 30.1 Å². The third-order valence-corrected chi connectivity index (χ3v) is 2.18. The molecule has 0 unspecified atom stereocenters. The Morgan fingerprint density at radius 3 is 2.79 bits per heavy atom. The number of nitrogens with two attached hydrogens (primary N) is 1. The van der Waals surface area contributed by atoms with Crippen LogP contribution < -0.4 is 5.73 Å². The molecule has 14 heavy (non-hydrogen) atoms. The van der Waals surface area contributed by atoms with Crippen molar-refractivity contribution >= 4 is 5.78 Å². The van der Waals surface area contributed by atoms with Gasteiger partial charge in [-0.15, -0.1) is 0 Å². The molecule has 1 aromatic heterocycles. The van der Waals surface area contributed by atoms with E-state index in [9.17, 15) is 4.79 Å². The molecule has 0 fully saturated rings. The maximum atomic E-state index is 11.4. The lowest BCUT2D eigenvalue weighted by Gasteiger charge is -2.11. The average molecular weight is 192 g/mol. The van der Waals surface area contributed by atoms with Gasteiger partial charge in [-0.25, -0.2) is 0 Å². The molecule has 1 aromatic rings. The summed E-state index contributed by atoms with van der Waals surface area (Å²) in [4.78, 5) is 15.4. The quantitative estimate of drug-likeness (QED) is 0.789. The lowest BCUT2D eigenvalue weighted by atomic mass is 9.98. The van der Waals surface area contributed by atoms with Crippen LogP contribution in [0, 0.1) is 5.92 Å². The van der Waals surface area contributed by atoms with Crippen LogP contribution in [0.5, 0.6) is 0 Å². The summed E-state index contributed by atoms with van der Waals surface area (Å²) in [5.41, 5.74) is 6.79. The third kappa shape index (κ3) is 2.92. The number of nitrogens with zero attached hydrogens (tertiary/aromatic N) is 1. The van der Waals surface area contributed by atoms with Gasteiger partial charge >= 0.3 is 0 Å². The summed E-state index contributed by atoms with van der Waals surface area (Å²) in [6.45, 7) is 3.77. The predicted molar refractivity (Wildman–Crippen MR) is 55.6 cm³/mol.